The molecule has 22 heavy (non-hydrogen) atoms. The minimum atomic E-state index is -0.586. The quantitative estimate of drug-likeness (QED) is 0.659. The van der Waals surface area contributed by atoms with Crippen LogP contribution in [0.25, 0.3) is 0 Å². The number of hydrogen-bond acceptors (Lipinski definition) is 4. The van der Waals surface area contributed by atoms with Crippen molar-refractivity contribution in [2.45, 2.75) is 0 Å². The van der Waals surface area contributed by atoms with Gasteiger partial charge in [-0.3, -0.25) is 4.79 Å². The molecule has 0 radical (unpaired) electrons. The fraction of sp³-hybridized carbons (Fsp3) is 0.0667. The van der Waals surface area contributed by atoms with E-state index in [2.05, 4.69) is 10.1 Å². The van der Waals surface area contributed by atoms with E-state index in [0.717, 1.165) is 0 Å². The third-order valence-corrected chi connectivity index (χ3v) is 3.59. The summed E-state index contributed by atoms with van der Waals surface area (Å²) in [6, 6.07) is 8.45. The number of esters is 1. The Labute approximate surface area is 136 Å². The summed E-state index contributed by atoms with van der Waals surface area (Å²) < 4.78 is 4.54. The molecule has 0 spiro atoms. The fourth-order valence-corrected chi connectivity index (χ4v) is 2.01. The first kappa shape index (κ1) is 16.1. The molecular weight excluding hydrogens is 329 g/mol. The van der Waals surface area contributed by atoms with Crippen molar-refractivity contribution in [3.8, 4) is 5.75 Å². The lowest BCUT2D eigenvalue weighted by atomic mass is 10.1. The number of anilines is 1. The number of carbonyl (C=O) groups excluding carboxylic acids is 2. The fourth-order valence-electron chi connectivity index (χ4n) is 1.71. The van der Waals surface area contributed by atoms with Crippen molar-refractivity contribution in [3.63, 3.8) is 0 Å². The molecule has 2 rings (SSSR count). The largest absolute Gasteiger partial charge is 0.506 e. The first-order valence-corrected chi connectivity index (χ1v) is 6.85. The van der Waals surface area contributed by atoms with Crippen molar-refractivity contribution < 1.29 is 19.4 Å². The van der Waals surface area contributed by atoms with E-state index >= 15 is 0 Å². The van der Waals surface area contributed by atoms with Gasteiger partial charge in [0, 0.05) is 5.56 Å². The van der Waals surface area contributed by atoms with E-state index in [4.69, 9.17) is 23.2 Å². The van der Waals surface area contributed by atoms with Gasteiger partial charge >= 0.3 is 5.97 Å². The van der Waals surface area contributed by atoms with Crippen LogP contribution in [0, 0.1) is 0 Å². The summed E-state index contributed by atoms with van der Waals surface area (Å²) in [4.78, 5) is 23.4. The summed E-state index contributed by atoms with van der Waals surface area (Å²) in [5.41, 5.74) is 0.613. The molecular formula is C15H11Cl2NO4. The number of halogens is 2. The predicted molar refractivity (Wildman–Crippen MR) is 83.9 cm³/mol. The number of hydrogen-bond donors (Lipinski definition) is 2. The number of phenols is 1. The van der Waals surface area contributed by atoms with Gasteiger partial charge in [0.2, 0.25) is 0 Å². The second-order valence-corrected chi connectivity index (χ2v) is 5.12. The summed E-state index contributed by atoms with van der Waals surface area (Å²) in [6.07, 6.45) is 0. The van der Waals surface area contributed by atoms with Crippen LogP contribution in [0.15, 0.2) is 36.4 Å². The highest BCUT2D eigenvalue weighted by atomic mass is 35.5. The van der Waals surface area contributed by atoms with E-state index in [1.165, 1.54) is 43.5 Å². The number of phenolic OH excluding ortho intramolecular Hbond substituents is 1. The minimum Gasteiger partial charge on any atom is -0.506 e. The van der Waals surface area contributed by atoms with Crippen molar-refractivity contribution in [3.05, 3.63) is 57.6 Å². The molecule has 0 saturated carbocycles. The third kappa shape index (κ3) is 3.50. The van der Waals surface area contributed by atoms with E-state index in [1.807, 2.05) is 0 Å². The average molecular weight is 340 g/mol. The van der Waals surface area contributed by atoms with Crippen LogP contribution < -0.4 is 5.32 Å². The van der Waals surface area contributed by atoms with Gasteiger partial charge < -0.3 is 15.2 Å². The van der Waals surface area contributed by atoms with Gasteiger partial charge in [0.15, 0.2) is 0 Å². The molecule has 0 aliphatic carbocycles. The molecule has 0 bridgehead atoms. The Hall–Kier alpha value is -2.24. The van der Waals surface area contributed by atoms with Gasteiger partial charge in [0.25, 0.3) is 5.91 Å². The van der Waals surface area contributed by atoms with Crippen LogP contribution in [-0.2, 0) is 4.74 Å². The number of amides is 1. The molecule has 0 saturated heterocycles. The minimum absolute atomic E-state index is 0.156. The van der Waals surface area contributed by atoms with Crippen LogP contribution in [0.2, 0.25) is 10.0 Å². The molecule has 7 heteroatoms. The van der Waals surface area contributed by atoms with Gasteiger partial charge in [-0.2, -0.15) is 0 Å². The zero-order valence-corrected chi connectivity index (χ0v) is 12.9. The number of carbonyl (C=O) groups is 2. The van der Waals surface area contributed by atoms with Gasteiger partial charge in [-0.15, -0.1) is 0 Å². The smallest absolute Gasteiger partial charge is 0.337 e. The van der Waals surface area contributed by atoms with E-state index in [-0.39, 0.29) is 27.6 Å². The maximum atomic E-state index is 12.1. The molecule has 0 heterocycles. The number of methoxy groups -OCH3 is 1. The maximum Gasteiger partial charge on any atom is 0.337 e. The van der Waals surface area contributed by atoms with Crippen molar-refractivity contribution in [2.75, 3.05) is 12.4 Å². The lowest BCUT2D eigenvalue weighted by molar-refractivity contribution is 0.0600. The second kappa shape index (κ2) is 6.68. The molecule has 5 nitrogen and oxygen atoms in total. The second-order valence-electron chi connectivity index (χ2n) is 4.31. The monoisotopic (exact) mass is 339 g/mol. The first-order valence-electron chi connectivity index (χ1n) is 6.10. The van der Waals surface area contributed by atoms with Crippen molar-refractivity contribution in [1.29, 1.82) is 0 Å². The van der Waals surface area contributed by atoms with Gasteiger partial charge in [-0.05, 0) is 36.4 Å². The molecule has 114 valence electrons. The Morgan fingerprint density at radius 1 is 1.05 bits per heavy atom. The molecule has 0 atom stereocenters. The van der Waals surface area contributed by atoms with Gasteiger partial charge in [-0.1, -0.05) is 23.2 Å². The van der Waals surface area contributed by atoms with Gasteiger partial charge in [0.05, 0.1) is 28.4 Å². The molecule has 0 unspecified atom stereocenters. The lowest BCUT2D eigenvalue weighted by Gasteiger charge is -2.09. The molecule has 1 amide bonds. The Morgan fingerprint density at radius 3 is 2.32 bits per heavy atom. The summed E-state index contributed by atoms with van der Waals surface area (Å²) in [5, 5.41) is 13.0. The van der Waals surface area contributed by atoms with Crippen LogP contribution in [0.4, 0.5) is 5.69 Å². The Kier molecular flexibility index (Phi) is 4.90. The molecule has 0 aromatic heterocycles. The molecule has 2 aromatic rings. The van der Waals surface area contributed by atoms with Crippen LogP contribution in [0.1, 0.15) is 20.7 Å². The van der Waals surface area contributed by atoms with Crippen molar-refractivity contribution >= 4 is 40.8 Å². The van der Waals surface area contributed by atoms with Gasteiger partial charge in [-0.25, -0.2) is 4.79 Å². The molecule has 0 aliphatic rings. The van der Waals surface area contributed by atoms with Crippen LogP contribution >= 0.6 is 23.2 Å². The SMILES string of the molecule is COC(=O)c1ccc(NC(=O)c2ccc(Cl)c(Cl)c2)c(O)c1. The average Bonchev–Trinajstić information content (AvgIpc) is 2.51. The molecule has 0 aliphatic heterocycles. The normalized spacial score (nSPS) is 10.1. The van der Waals surface area contributed by atoms with Gasteiger partial charge in [0.1, 0.15) is 5.75 Å². The number of aromatic hydroxyl groups is 1. The predicted octanol–water partition coefficient (Wildman–Crippen LogP) is 3.74. The van der Waals surface area contributed by atoms with Crippen LogP contribution in [-0.4, -0.2) is 24.1 Å². The number of rotatable bonds is 3. The van der Waals surface area contributed by atoms with Crippen molar-refractivity contribution in [1.82, 2.24) is 0 Å². The zero-order valence-electron chi connectivity index (χ0n) is 11.4. The first-order chi connectivity index (χ1) is 10.4. The van der Waals surface area contributed by atoms with E-state index in [0.29, 0.717) is 5.02 Å². The van der Waals surface area contributed by atoms with Crippen molar-refractivity contribution in [2.24, 2.45) is 0 Å². The highest BCUT2D eigenvalue weighted by Gasteiger charge is 2.13. The summed E-state index contributed by atoms with van der Waals surface area (Å²) in [5.74, 6) is -1.31. The number of nitrogens with one attached hydrogen (secondary N) is 1. The number of ether oxygens (including phenoxy) is 1. The highest BCUT2D eigenvalue weighted by molar-refractivity contribution is 6.42. The van der Waals surface area contributed by atoms with E-state index < -0.39 is 11.9 Å². The zero-order chi connectivity index (χ0) is 16.3. The van der Waals surface area contributed by atoms with Crippen LogP contribution in [0.3, 0.4) is 0 Å². The Morgan fingerprint density at radius 2 is 1.73 bits per heavy atom. The van der Waals surface area contributed by atoms with E-state index in [1.54, 1.807) is 0 Å². The van der Waals surface area contributed by atoms with E-state index in [9.17, 15) is 14.7 Å². The Bertz CT molecular complexity index is 746. The molecule has 2 aromatic carbocycles. The topological polar surface area (TPSA) is 75.6 Å². The summed E-state index contributed by atoms with van der Waals surface area (Å²) in [7, 11) is 1.24. The standard InChI is InChI=1S/C15H11Cl2NO4/c1-22-15(21)9-3-5-12(13(19)7-9)18-14(20)8-2-4-10(16)11(17)6-8/h2-7,19H,1H3,(H,18,20). The maximum absolute atomic E-state index is 12.1. The Balaban J connectivity index is 2.21. The van der Waals surface area contributed by atoms with Crippen LogP contribution in [0.5, 0.6) is 5.75 Å². The third-order valence-electron chi connectivity index (χ3n) is 2.85. The lowest BCUT2D eigenvalue weighted by Crippen LogP contribution is -2.12. The molecule has 0 fully saturated rings. The molecule has 2 N–H and O–H groups in total. The summed E-state index contributed by atoms with van der Waals surface area (Å²) >= 11 is 11.6. The number of benzene rings is 2. The highest BCUT2D eigenvalue weighted by Crippen LogP contribution is 2.27. The summed E-state index contributed by atoms with van der Waals surface area (Å²) in [6.45, 7) is 0.